The monoisotopic (exact) mass is 489 g/mol. The van der Waals surface area contributed by atoms with E-state index in [1.165, 1.54) is 6.07 Å². The Morgan fingerprint density at radius 1 is 0.970 bits per heavy atom. The van der Waals surface area contributed by atoms with Gasteiger partial charge in [0.15, 0.2) is 5.11 Å². The zero-order chi connectivity index (χ0) is 24.2. The molecule has 1 aliphatic carbocycles. The highest BCUT2D eigenvalue weighted by atomic mass is 32.1. The molecule has 178 valence electrons. The van der Waals surface area contributed by atoms with Crippen LogP contribution in [0.4, 0.5) is 32.0 Å². The number of nitrogens with zero attached hydrogens (tertiary/aromatic N) is 1. The Hall–Kier alpha value is -2.82. The summed E-state index contributed by atoms with van der Waals surface area (Å²) in [6, 6.07) is 7.38. The molecule has 0 radical (unpaired) electrons. The van der Waals surface area contributed by atoms with Gasteiger partial charge in [0.05, 0.1) is 23.2 Å². The largest absolute Gasteiger partial charge is 0.507 e. The molecule has 11 heteroatoms. The molecule has 0 aliphatic heterocycles. The van der Waals surface area contributed by atoms with Gasteiger partial charge in [-0.3, -0.25) is 4.99 Å². The Labute approximate surface area is 191 Å². The summed E-state index contributed by atoms with van der Waals surface area (Å²) in [4.78, 5) is 4.52. The molecule has 0 heterocycles. The molecule has 0 amide bonds. The highest BCUT2D eigenvalue weighted by molar-refractivity contribution is 7.80. The summed E-state index contributed by atoms with van der Waals surface area (Å²) in [6.45, 7) is 0. The van der Waals surface area contributed by atoms with Gasteiger partial charge in [0, 0.05) is 17.5 Å². The molecule has 0 bridgehead atoms. The van der Waals surface area contributed by atoms with E-state index < -0.39 is 29.2 Å². The lowest BCUT2D eigenvalue weighted by Gasteiger charge is -2.30. The van der Waals surface area contributed by atoms with Gasteiger partial charge in [-0.05, 0) is 55.4 Å². The van der Waals surface area contributed by atoms with Crippen LogP contribution in [0.25, 0.3) is 0 Å². The zero-order valence-corrected chi connectivity index (χ0v) is 18.0. The van der Waals surface area contributed by atoms with Crippen LogP contribution >= 0.6 is 12.2 Å². The average Bonchev–Trinajstić information content (AvgIpc) is 2.72. The predicted octanol–water partition coefficient (Wildman–Crippen LogP) is 6.15. The molecule has 2 aromatic rings. The fourth-order valence-electron chi connectivity index (χ4n) is 3.59. The van der Waals surface area contributed by atoms with E-state index in [-0.39, 0.29) is 29.0 Å². The first kappa shape index (κ1) is 24.8. The van der Waals surface area contributed by atoms with Crippen LogP contribution in [-0.2, 0) is 12.4 Å². The number of halogens is 6. The van der Waals surface area contributed by atoms with Gasteiger partial charge in [0.25, 0.3) is 0 Å². The third kappa shape index (κ3) is 6.83. The molecule has 33 heavy (non-hydrogen) atoms. The number of thiocarbonyl (C=S) groups is 1. The molecule has 0 saturated heterocycles. The van der Waals surface area contributed by atoms with Crippen molar-refractivity contribution in [2.45, 2.75) is 50.1 Å². The predicted molar refractivity (Wildman–Crippen MR) is 118 cm³/mol. The van der Waals surface area contributed by atoms with Crippen LogP contribution in [-0.4, -0.2) is 28.5 Å². The second kappa shape index (κ2) is 9.98. The van der Waals surface area contributed by atoms with Gasteiger partial charge < -0.3 is 15.7 Å². The molecule has 0 aromatic heterocycles. The topological polar surface area (TPSA) is 56.7 Å². The molecule has 1 fully saturated rings. The maximum absolute atomic E-state index is 13.1. The average molecular weight is 489 g/mol. The number of phenols is 1. The van der Waals surface area contributed by atoms with E-state index in [2.05, 4.69) is 15.6 Å². The minimum Gasteiger partial charge on any atom is -0.507 e. The number of anilines is 1. The molecule has 3 N–H and O–H groups in total. The van der Waals surface area contributed by atoms with E-state index in [0.29, 0.717) is 30.5 Å². The molecule has 3 rings (SSSR count). The number of aliphatic imine (C=N–C) groups is 1. The van der Waals surface area contributed by atoms with Crippen molar-refractivity contribution >= 4 is 29.2 Å². The SMILES string of the molecule is Oc1ccccc1C=N[C@@H]1CCCC[C@H]1NC(=S)Nc1cc(C(F)(F)F)cc(C(F)(F)F)c1. The van der Waals surface area contributed by atoms with Gasteiger partial charge in [-0.2, -0.15) is 26.3 Å². The van der Waals surface area contributed by atoms with Gasteiger partial charge in [0.1, 0.15) is 5.75 Å². The molecule has 1 aliphatic rings. The van der Waals surface area contributed by atoms with Crippen LogP contribution in [0.15, 0.2) is 47.5 Å². The van der Waals surface area contributed by atoms with Crippen molar-refractivity contribution in [3.63, 3.8) is 0 Å². The first-order valence-corrected chi connectivity index (χ1v) is 10.5. The Bertz CT molecular complexity index is 990. The summed E-state index contributed by atoms with van der Waals surface area (Å²) < 4.78 is 78.4. The Balaban J connectivity index is 1.74. The number of nitrogens with one attached hydrogen (secondary N) is 2. The lowest BCUT2D eigenvalue weighted by molar-refractivity contribution is -0.143. The molecular formula is C22H21F6N3OS. The first-order valence-electron chi connectivity index (χ1n) is 10.1. The van der Waals surface area contributed by atoms with Crippen molar-refractivity contribution in [2.24, 2.45) is 4.99 Å². The summed E-state index contributed by atoms with van der Waals surface area (Å²) in [5.41, 5.74) is -2.73. The van der Waals surface area contributed by atoms with E-state index in [0.717, 1.165) is 12.8 Å². The van der Waals surface area contributed by atoms with Crippen molar-refractivity contribution in [2.75, 3.05) is 5.32 Å². The highest BCUT2D eigenvalue weighted by Gasteiger charge is 2.37. The van der Waals surface area contributed by atoms with Crippen LogP contribution in [0, 0.1) is 0 Å². The van der Waals surface area contributed by atoms with Crippen LogP contribution in [0.3, 0.4) is 0 Å². The minimum absolute atomic E-state index is 0.0620. The molecule has 0 spiro atoms. The number of rotatable bonds is 4. The van der Waals surface area contributed by atoms with E-state index in [4.69, 9.17) is 12.2 Å². The normalized spacial score (nSPS) is 19.5. The van der Waals surface area contributed by atoms with E-state index in [1.807, 2.05) is 0 Å². The molecule has 2 aromatic carbocycles. The number of para-hydroxylation sites is 1. The Morgan fingerprint density at radius 3 is 2.18 bits per heavy atom. The van der Waals surface area contributed by atoms with Gasteiger partial charge in [0.2, 0.25) is 0 Å². The Kier molecular flexibility index (Phi) is 7.51. The fraction of sp³-hybridized carbons (Fsp3) is 0.364. The zero-order valence-electron chi connectivity index (χ0n) is 17.2. The van der Waals surface area contributed by atoms with Crippen LogP contribution in [0.2, 0.25) is 0 Å². The van der Waals surface area contributed by atoms with Gasteiger partial charge in [-0.25, -0.2) is 0 Å². The van der Waals surface area contributed by atoms with E-state index in [1.54, 1.807) is 24.4 Å². The lowest BCUT2D eigenvalue weighted by atomic mass is 9.91. The van der Waals surface area contributed by atoms with Gasteiger partial charge in [-0.15, -0.1) is 0 Å². The molecule has 2 atom stereocenters. The van der Waals surface area contributed by atoms with Crippen molar-refractivity contribution in [1.29, 1.82) is 0 Å². The molecular weight excluding hydrogens is 468 g/mol. The van der Waals surface area contributed by atoms with Gasteiger partial charge >= 0.3 is 12.4 Å². The molecule has 4 nitrogen and oxygen atoms in total. The maximum Gasteiger partial charge on any atom is 0.416 e. The summed E-state index contributed by atoms with van der Waals surface area (Å²) in [5, 5.41) is 15.2. The number of benzene rings is 2. The number of hydrogen-bond acceptors (Lipinski definition) is 3. The van der Waals surface area contributed by atoms with Crippen LogP contribution in [0.5, 0.6) is 5.75 Å². The second-order valence-electron chi connectivity index (χ2n) is 7.69. The summed E-state index contributed by atoms with van der Waals surface area (Å²) >= 11 is 5.17. The van der Waals surface area contributed by atoms with Crippen LogP contribution in [0.1, 0.15) is 42.4 Å². The number of phenolic OH excluding ortho intramolecular Hbond substituents is 1. The van der Waals surface area contributed by atoms with Crippen molar-refractivity contribution in [3.8, 4) is 5.75 Å². The number of aromatic hydroxyl groups is 1. The van der Waals surface area contributed by atoms with Crippen LogP contribution < -0.4 is 10.6 Å². The third-order valence-electron chi connectivity index (χ3n) is 5.23. The highest BCUT2D eigenvalue weighted by Crippen LogP contribution is 2.37. The molecule has 1 saturated carbocycles. The van der Waals surface area contributed by atoms with Crippen molar-refractivity contribution < 1.29 is 31.4 Å². The molecule has 0 unspecified atom stereocenters. The van der Waals surface area contributed by atoms with Crippen molar-refractivity contribution in [3.05, 3.63) is 59.2 Å². The van der Waals surface area contributed by atoms with Gasteiger partial charge in [-0.1, -0.05) is 25.0 Å². The standard InChI is InChI=1S/C22H21F6N3OS/c23-21(24,25)14-9-15(22(26,27)28)11-16(10-14)30-20(33)31-18-7-3-2-6-17(18)29-12-13-5-1-4-8-19(13)32/h1,4-5,8-12,17-18,32H,2-3,6-7H2,(H2,30,31,33)/t17-,18-/m1/s1. The second-order valence-corrected chi connectivity index (χ2v) is 8.10. The summed E-state index contributed by atoms with van der Waals surface area (Å²) in [7, 11) is 0. The number of alkyl halides is 6. The van der Waals surface area contributed by atoms with E-state index in [9.17, 15) is 31.4 Å². The smallest absolute Gasteiger partial charge is 0.416 e. The summed E-state index contributed by atoms with van der Waals surface area (Å²) in [6.07, 6.45) is -5.20. The lowest BCUT2D eigenvalue weighted by Crippen LogP contribution is -2.46. The fourth-order valence-corrected chi connectivity index (χ4v) is 3.86. The third-order valence-corrected chi connectivity index (χ3v) is 5.45. The number of hydrogen-bond donors (Lipinski definition) is 3. The maximum atomic E-state index is 13.1. The minimum atomic E-state index is -4.95. The Morgan fingerprint density at radius 2 is 1.58 bits per heavy atom. The van der Waals surface area contributed by atoms with E-state index >= 15 is 0 Å². The quantitative estimate of drug-likeness (QED) is 0.274. The van der Waals surface area contributed by atoms with Crippen molar-refractivity contribution in [1.82, 2.24) is 5.32 Å². The first-order chi connectivity index (χ1) is 15.4. The summed E-state index contributed by atoms with van der Waals surface area (Å²) in [5.74, 6) is 0.0729.